The van der Waals surface area contributed by atoms with Crippen LogP contribution in [-0.4, -0.2) is 47.3 Å². The average Bonchev–Trinajstić information content (AvgIpc) is 3.43. The van der Waals surface area contributed by atoms with Crippen LogP contribution < -0.4 is 10.6 Å². The SMILES string of the molecule is COC(=O)c1c(NC(=O)c2ccccc2)c2cc(NC3CCC3)cnc2n1CC1CCCO1. The van der Waals surface area contributed by atoms with Crippen LogP contribution in [0.15, 0.2) is 42.6 Å². The minimum absolute atomic E-state index is 0.0174. The minimum atomic E-state index is -0.525. The van der Waals surface area contributed by atoms with Crippen LogP contribution in [0.3, 0.4) is 0 Å². The molecular formula is C25H28N4O4. The number of benzene rings is 1. The van der Waals surface area contributed by atoms with Gasteiger partial charge in [-0.1, -0.05) is 18.2 Å². The first kappa shape index (κ1) is 21.5. The summed E-state index contributed by atoms with van der Waals surface area (Å²) in [6.07, 6.45) is 7.14. The van der Waals surface area contributed by atoms with E-state index in [0.29, 0.717) is 41.5 Å². The third kappa shape index (κ3) is 4.30. The molecule has 3 heterocycles. The Labute approximate surface area is 192 Å². The minimum Gasteiger partial charge on any atom is -0.464 e. The van der Waals surface area contributed by atoms with Crippen molar-refractivity contribution in [3.63, 3.8) is 0 Å². The molecule has 1 saturated heterocycles. The molecule has 2 fully saturated rings. The summed E-state index contributed by atoms with van der Waals surface area (Å²) in [6, 6.07) is 11.3. The van der Waals surface area contributed by atoms with Gasteiger partial charge in [0.1, 0.15) is 5.65 Å². The van der Waals surface area contributed by atoms with Gasteiger partial charge in [0, 0.05) is 23.6 Å². The van der Waals surface area contributed by atoms with E-state index in [1.165, 1.54) is 13.5 Å². The second-order valence-corrected chi connectivity index (χ2v) is 8.65. The number of hydrogen-bond acceptors (Lipinski definition) is 6. The van der Waals surface area contributed by atoms with Crippen molar-refractivity contribution in [2.75, 3.05) is 24.4 Å². The number of carbonyl (C=O) groups is 2. The monoisotopic (exact) mass is 448 g/mol. The second-order valence-electron chi connectivity index (χ2n) is 8.65. The molecule has 1 unspecified atom stereocenters. The normalized spacial score (nSPS) is 18.2. The van der Waals surface area contributed by atoms with E-state index >= 15 is 0 Å². The summed E-state index contributed by atoms with van der Waals surface area (Å²) in [5.41, 5.74) is 2.68. The molecule has 1 amide bonds. The topological polar surface area (TPSA) is 94.5 Å². The highest BCUT2D eigenvalue weighted by molar-refractivity contribution is 6.14. The lowest BCUT2D eigenvalue weighted by atomic mass is 9.93. The van der Waals surface area contributed by atoms with Crippen LogP contribution in [0.1, 0.15) is 53.0 Å². The summed E-state index contributed by atoms with van der Waals surface area (Å²) in [5, 5.41) is 7.17. The number of rotatable bonds is 7. The maximum Gasteiger partial charge on any atom is 0.356 e. The van der Waals surface area contributed by atoms with Crippen molar-refractivity contribution in [1.29, 1.82) is 0 Å². The highest BCUT2D eigenvalue weighted by Gasteiger charge is 2.29. The Bertz CT molecular complexity index is 1160. The fraction of sp³-hybridized carbons (Fsp3) is 0.400. The highest BCUT2D eigenvalue weighted by Crippen LogP contribution is 2.35. The van der Waals surface area contributed by atoms with Gasteiger partial charge in [0.15, 0.2) is 5.69 Å². The van der Waals surface area contributed by atoms with Crippen molar-refractivity contribution in [1.82, 2.24) is 9.55 Å². The molecule has 0 bridgehead atoms. The largest absolute Gasteiger partial charge is 0.464 e. The van der Waals surface area contributed by atoms with Gasteiger partial charge in [-0.05, 0) is 50.3 Å². The summed E-state index contributed by atoms with van der Waals surface area (Å²) in [5.74, 6) is -0.822. The quantitative estimate of drug-likeness (QED) is 0.526. The van der Waals surface area contributed by atoms with Crippen LogP contribution in [0, 0.1) is 0 Å². The zero-order valence-electron chi connectivity index (χ0n) is 18.7. The lowest BCUT2D eigenvalue weighted by Crippen LogP contribution is -2.26. The Morgan fingerprint density at radius 3 is 2.67 bits per heavy atom. The molecule has 8 heteroatoms. The molecule has 0 spiro atoms. The molecule has 0 radical (unpaired) electrons. The average molecular weight is 449 g/mol. The number of esters is 1. The smallest absolute Gasteiger partial charge is 0.356 e. The summed E-state index contributed by atoms with van der Waals surface area (Å²) < 4.78 is 12.8. The Kier molecular flexibility index (Phi) is 6.00. The highest BCUT2D eigenvalue weighted by atomic mass is 16.5. The van der Waals surface area contributed by atoms with Crippen LogP contribution >= 0.6 is 0 Å². The van der Waals surface area contributed by atoms with Gasteiger partial charge in [0.25, 0.3) is 5.91 Å². The Balaban J connectivity index is 1.61. The van der Waals surface area contributed by atoms with E-state index in [-0.39, 0.29) is 17.7 Å². The van der Waals surface area contributed by atoms with Crippen LogP contribution in [0.2, 0.25) is 0 Å². The fourth-order valence-corrected chi connectivity index (χ4v) is 4.47. The number of carbonyl (C=O) groups excluding carboxylic acids is 2. The first-order valence-electron chi connectivity index (χ1n) is 11.5. The van der Waals surface area contributed by atoms with Crippen molar-refractivity contribution in [2.24, 2.45) is 0 Å². The number of methoxy groups -OCH3 is 1. The van der Waals surface area contributed by atoms with Gasteiger partial charge in [0.05, 0.1) is 37.3 Å². The number of hydrogen-bond donors (Lipinski definition) is 2. The number of anilines is 2. The van der Waals surface area contributed by atoms with Crippen LogP contribution in [-0.2, 0) is 16.0 Å². The third-order valence-corrected chi connectivity index (χ3v) is 6.44. The first-order chi connectivity index (χ1) is 16.1. The molecule has 2 N–H and O–H groups in total. The molecule has 1 aromatic carbocycles. The molecule has 172 valence electrons. The molecule has 33 heavy (non-hydrogen) atoms. The van der Waals surface area contributed by atoms with Crippen LogP contribution in [0.5, 0.6) is 0 Å². The van der Waals surface area contributed by atoms with Gasteiger partial charge in [0.2, 0.25) is 0 Å². The van der Waals surface area contributed by atoms with E-state index in [1.807, 2.05) is 16.7 Å². The van der Waals surface area contributed by atoms with E-state index in [4.69, 9.17) is 14.5 Å². The van der Waals surface area contributed by atoms with Crippen LogP contribution in [0.4, 0.5) is 11.4 Å². The molecule has 3 aromatic rings. The zero-order valence-corrected chi connectivity index (χ0v) is 18.7. The van der Waals surface area contributed by atoms with Gasteiger partial charge in [-0.3, -0.25) is 4.79 Å². The number of nitrogens with one attached hydrogen (secondary N) is 2. The van der Waals surface area contributed by atoms with E-state index in [9.17, 15) is 9.59 Å². The van der Waals surface area contributed by atoms with E-state index in [1.54, 1.807) is 30.5 Å². The van der Waals surface area contributed by atoms with Crippen molar-refractivity contribution >= 4 is 34.3 Å². The molecule has 1 aliphatic heterocycles. The van der Waals surface area contributed by atoms with E-state index in [0.717, 1.165) is 31.4 Å². The number of ether oxygens (including phenoxy) is 2. The molecule has 5 rings (SSSR count). The summed E-state index contributed by atoms with van der Waals surface area (Å²) in [6.45, 7) is 1.17. The predicted octanol–water partition coefficient (Wildman–Crippen LogP) is 4.22. The lowest BCUT2D eigenvalue weighted by molar-refractivity contribution is 0.0580. The van der Waals surface area contributed by atoms with Gasteiger partial charge in [-0.2, -0.15) is 0 Å². The Morgan fingerprint density at radius 2 is 2.00 bits per heavy atom. The first-order valence-corrected chi connectivity index (χ1v) is 11.5. The van der Waals surface area contributed by atoms with Crippen molar-refractivity contribution < 1.29 is 19.1 Å². The fourth-order valence-electron chi connectivity index (χ4n) is 4.47. The second kappa shape index (κ2) is 9.23. The predicted molar refractivity (Wildman–Crippen MR) is 126 cm³/mol. The lowest BCUT2D eigenvalue weighted by Gasteiger charge is -2.27. The molecule has 1 saturated carbocycles. The van der Waals surface area contributed by atoms with E-state index < -0.39 is 5.97 Å². The standard InChI is InChI=1S/C25H28N4O4/c1-32-25(31)22-21(28-24(30)16-7-3-2-4-8-16)20-13-18(27-17-9-5-10-17)14-26-23(20)29(22)15-19-11-6-12-33-19/h2-4,7-8,13-14,17,19,27H,5-6,9-12,15H2,1H3,(H,28,30). The Morgan fingerprint density at radius 1 is 1.18 bits per heavy atom. The van der Waals surface area contributed by atoms with Gasteiger partial charge < -0.3 is 24.7 Å². The van der Waals surface area contributed by atoms with Gasteiger partial charge in [-0.15, -0.1) is 0 Å². The molecule has 8 nitrogen and oxygen atoms in total. The summed E-state index contributed by atoms with van der Waals surface area (Å²) in [7, 11) is 1.34. The molecule has 1 aliphatic carbocycles. The molecule has 2 aromatic heterocycles. The maximum atomic E-state index is 13.1. The number of aromatic nitrogens is 2. The third-order valence-electron chi connectivity index (χ3n) is 6.44. The van der Waals surface area contributed by atoms with Crippen LogP contribution in [0.25, 0.3) is 11.0 Å². The van der Waals surface area contributed by atoms with Gasteiger partial charge >= 0.3 is 5.97 Å². The molecule has 1 atom stereocenters. The number of fused-ring (bicyclic) bond motifs is 1. The van der Waals surface area contributed by atoms with Crippen molar-refractivity contribution in [2.45, 2.75) is 50.8 Å². The number of amides is 1. The maximum absolute atomic E-state index is 13.1. The number of pyridine rings is 1. The zero-order chi connectivity index (χ0) is 22.8. The van der Waals surface area contributed by atoms with Crippen molar-refractivity contribution in [3.05, 3.63) is 53.9 Å². The number of nitrogens with zero attached hydrogens (tertiary/aromatic N) is 2. The molecule has 2 aliphatic rings. The molecular weight excluding hydrogens is 420 g/mol. The van der Waals surface area contributed by atoms with E-state index in [2.05, 4.69) is 10.6 Å². The van der Waals surface area contributed by atoms with Crippen molar-refractivity contribution in [3.8, 4) is 0 Å². The summed E-state index contributed by atoms with van der Waals surface area (Å²) in [4.78, 5) is 30.7. The summed E-state index contributed by atoms with van der Waals surface area (Å²) >= 11 is 0. The van der Waals surface area contributed by atoms with Gasteiger partial charge in [-0.25, -0.2) is 9.78 Å². The Hall–Kier alpha value is -3.39.